The molecule has 0 spiro atoms. The Morgan fingerprint density at radius 1 is 1.00 bits per heavy atom. The van der Waals surface area contributed by atoms with E-state index in [-0.39, 0.29) is 0 Å². The molecule has 5 heteroatoms. The van der Waals surface area contributed by atoms with E-state index in [1.807, 2.05) is 0 Å². The van der Waals surface area contributed by atoms with Gasteiger partial charge in [-0.05, 0) is 61.8 Å². The first kappa shape index (κ1) is 12.9. The molecule has 1 N–H and O–H groups in total. The first-order chi connectivity index (χ1) is 9.67. The van der Waals surface area contributed by atoms with Crippen LogP contribution in [0.3, 0.4) is 0 Å². The Balaban J connectivity index is 1.55. The van der Waals surface area contributed by atoms with Gasteiger partial charge in [-0.25, -0.2) is 4.98 Å². The third-order valence-electron chi connectivity index (χ3n) is 5.03. The number of hydrazone groups is 1. The van der Waals surface area contributed by atoms with Crippen LogP contribution in [0.15, 0.2) is 17.2 Å². The summed E-state index contributed by atoms with van der Waals surface area (Å²) in [5.74, 6) is 3.91. The van der Waals surface area contributed by atoms with Crippen LogP contribution in [-0.2, 0) is 0 Å². The molecular weight excluding hydrogens is 293 g/mol. The molecule has 0 unspecified atom stereocenters. The lowest BCUT2D eigenvalue weighted by Gasteiger charge is -2.50. The molecule has 3 nitrogen and oxygen atoms in total. The Morgan fingerprint density at radius 3 is 2.25 bits per heavy atom. The number of hydrogen-bond acceptors (Lipinski definition) is 3. The van der Waals surface area contributed by atoms with E-state index in [1.165, 1.54) is 37.8 Å². The van der Waals surface area contributed by atoms with E-state index < -0.39 is 0 Å². The number of hydrogen-bond donors (Lipinski definition) is 1. The van der Waals surface area contributed by atoms with Gasteiger partial charge >= 0.3 is 0 Å². The predicted molar refractivity (Wildman–Crippen MR) is 82.4 cm³/mol. The molecule has 1 aromatic rings. The zero-order valence-corrected chi connectivity index (χ0v) is 12.7. The molecule has 106 valence electrons. The summed E-state index contributed by atoms with van der Waals surface area (Å²) in [5.41, 5.74) is 4.42. The number of nitrogens with zero attached hydrogens (tertiary/aromatic N) is 2. The van der Waals surface area contributed by atoms with Gasteiger partial charge in [0.1, 0.15) is 11.0 Å². The number of pyridine rings is 1. The maximum atomic E-state index is 5.98. The van der Waals surface area contributed by atoms with Crippen molar-refractivity contribution in [2.45, 2.75) is 32.1 Å². The monoisotopic (exact) mass is 309 g/mol. The highest BCUT2D eigenvalue weighted by atomic mass is 35.5. The summed E-state index contributed by atoms with van der Waals surface area (Å²) < 4.78 is 0. The molecule has 1 heterocycles. The second-order valence-corrected chi connectivity index (χ2v) is 7.27. The van der Waals surface area contributed by atoms with Crippen LogP contribution in [0, 0.1) is 23.7 Å². The number of rotatable bonds is 2. The van der Waals surface area contributed by atoms with E-state index in [0.717, 1.165) is 11.8 Å². The highest BCUT2D eigenvalue weighted by Gasteiger charge is 2.46. The molecule has 4 fully saturated rings. The molecule has 0 atom stereocenters. The van der Waals surface area contributed by atoms with E-state index in [4.69, 9.17) is 23.2 Å². The van der Waals surface area contributed by atoms with Crippen LogP contribution < -0.4 is 5.43 Å². The molecule has 0 radical (unpaired) electrons. The zero-order chi connectivity index (χ0) is 13.7. The third-order valence-corrected chi connectivity index (χ3v) is 5.44. The molecule has 4 bridgehead atoms. The van der Waals surface area contributed by atoms with Crippen molar-refractivity contribution in [3.8, 4) is 0 Å². The molecular formula is C15H17Cl2N3. The van der Waals surface area contributed by atoms with Crippen LogP contribution in [0.4, 0.5) is 5.82 Å². The van der Waals surface area contributed by atoms with Gasteiger partial charge in [0.05, 0.1) is 0 Å². The maximum absolute atomic E-state index is 5.98. The average Bonchev–Trinajstić information content (AvgIpc) is 2.35. The van der Waals surface area contributed by atoms with Gasteiger partial charge in [-0.3, -0.25) is 5.43 Å². The fraction of sp³-hybridized carbons (Fsp3) is 0.600. The van der Waals surface area contributed by atoms with Gasteiger partial charge in [0, 0.05) is 16.8 Å². The summed E-state index contributed by atoms with van der Waals surface area (Å²) in [4.78, 5) is 4.20. The minimum absolute atomic E-state index is 0.394. The van der Waals surface area contributed by atoms with Crippen molar-refractivity contribution < 1.29 is 0 Å². The molecule has 1 aromatic heterocycles. The first-order valence-electron chi connectivity index (χ1n) is 7.34. The summed E-state index contributed by atoms with van der Waals surface area (Å²) in [6, 6.07) is 3.39. The Morgan fingerprint density at radius 2 is 1.65 bits per heavy atom. The van der Waals surface area contributed by atoms with Crippen molar-refractivity contribution in [3.05, 3.63) is 22.3 Å². The maximum Gasteiger partial charge on any atom is 0.149 e. The average molecular weight is 310 g/mol. The van der Waals surface area contributed by atoms with E-state index >= 15 is 0 Å². The van der Waals surface area contributed by atoms with Crippen molar-refractivity contribution in [1.29, 1.82) is 0 Å². The Kier molecular flexibility index (Phi) is 3.15. The highest BCUT2D eigenvalue weighted by Crippen LogP contribution is 2.52. The van der Waals surface area contributed by atoms with Crippen LogP contribution in [0.1, 0.15) is 32.1 Å². The van der Waals surface area contributed by atoms with E-state index in [9.17, 15) is 0 Å². The molecule has 0 aliphatic heterocycles. The standard InChI is InChI=1S/C15H17Cl2N3/c16-12-6-13(17)18-14(7-12)19-20-15-10-2-8-1-9(4-10)5-11(15)3-8/h6-11H,1-5H2,(H,18,19). The van der Waals surface area contributed by atoms with Gasteiger partial charge in [-0.15, -0.1) is 0 Å². The van der Waals surface area contributed by atoms with Crippen molar-refractivity contribution in [1.82, 2.24) is 4.98 Å². The Hall–Kier alpha value is -0.800. The van der Waals surface area contributed by atoms with Crippen molar-refractivity contribution in [2.75, 3.05) is 5.43 Å². The molecule has 0 aromatic carbocycles. The fourth-order valence-electron chi connectivity index (χ4n) is 4.49. The van der Waals surface area contributed by atoms with Crippen LogP contribution in [-0.4, -0.2) is 10.7 Å². The Bertz CT molecular complexity index is 520. The van der Waals surface area contributed by atoms with Crippen LogP contribution in [0.2, 0.25) is 10.2 Å². The summed E-state index contributed by atoms with van der Waals surface area (Å²) >= 11 is 11.9. The second kappa shape index (κ2) is 4.88. The van der Waals surface area contributed by atoms with Crippen LogP contribution >= 0.6 is 23.2 Å². The quantitative estimate of drug-likeness (QED) is 0.639. The van der Waals surface area contributed by atoms with Gasteiger partial charge in [0.15, 0.2) is 0 Å². The van der Waals surface area contributed by atoms with Gasteiger partial charge in [0.2, 0.25) is 0 Å². The fourth-order valence-corrected chi connectivity index (χ4v) is 4.97. The first-order valence-corrected chi connectivity index (χ1v) is 8.09. The topological polar surface area (TPSA) is 37.3 Å². The Labute approximate surface area is 128 Å². The second-order valence-electron chi connectivity index (χ2n) is 6.45. The third kappa shape index (κ3) is 2.31. The lowest BCUT2D eigenvalue weighted by Crippen LogP contribution is -2.45. The smallest absolute Gasteiger partial charge is 0.149 e. The van der Waals surface area contributed by atoms with Crippen molar-refractivity contribution in [2.24, 2.45) is 28.8 Å². The van der Waals surface area contributed by atoms with Crippen molar-refractivity contribution >= 4 is 34.7 Å². The summed E-state index contributed by atoms with van der Waals surface area (Å²) in [6.07, 6.45) is 6.78. The van der Waals surface area contributed by atoms with Gasteiger partial charge < -0.3 is 0 Å². The van der Waals surface area contributed by atoms with Gasteiger partial charge in [-0.2, -0.15) is 5.10 Å². The molecule has 20 heavy (non-hydrogen) atoms. The minimum atomic E-state index is 0.394. The number of aromatic nitrogens is 1. The largest absolute Gasteiger partial charge is 0.261 e. The number of nitrogens with one attached hydrogen (secondary N) is 1. The molecule has 4 saturated carbocycles. The van der Waals surface area contributed by atoms with Crippen LogP contribution in [0.25, 0.3) is 0 Å². The molecule has 0 amide bonds. The van der Waals surface area contributed by atoms with Gasteiger partial charge in [-0.1, -0.05) is 23.2 Å². The molecule has 4 aliphatic carbocycles. The lowest BCUT2D eigenvalue weighted by atomic mass is 9.55. The molecule has 0 saturated heterocycles. The predicted octanol–water partition coefficient (Wildman–Crippen LogP) is 4.61. The molecule has 4 aliphatic rings. The summed E-state index contributed by atoms with van der Waals surface area (Å²) in [5, 5.41) is 5.64. The van der Waals surface area contributed by atoms with Gasteiger partial charge in [0.25, 0.3) is 0 Å². The SMILES string of the molecule is Clc1cc(Cl)nc(NN=C2C3CC4CC(C3)CC2C4)c1. The number of anilines is 1. The summed E-state index contributed by atoms with van der Waals surface area (Å²) in [7, 11) is 0. The lowest BCUT2D eigenvalue weighted by molar-refractivity contribution is 0.108. The zero-order valence-electron chi connectivity index (χ0n) is 11.1. The normalized spacial score (nSPS) is 34.4. The van der Waals surface area contributed by atoms with Crippen molar-refractivity contribution in [3.63, 3.8) is 0 Å². The highest BCUT2D eigenvalue weighted by molar-refractivity contribution is 6.34. The summed E-state index contributed by atoms with van der Waals surface area (Å²) in [6.45, 7) is 0. The van der Waals surface area contributed by atoms with E-state index in [2.05, 4.69) is 15.5 Å². The molecule has 5 rings (SSSR count). The number of halogens is 2. The van der Waals surface area contributed by atoms with E-state index in [0.29, 0.717) is 27.8 Å². The van der Waals surface area contributed by atoms with E-state index in [1.54, 1.807) is 12.1 Å². The minimum Gasteiger partial charge on any atom is -0.261 e. The van der Waals surface area contributed by atoms with Crippen LogP contribution in [0.5, 0.6) is 0 Å².